The molecule has 0 bridgehead atoms. The van der Waals surface area contributed by atoms with Crippen molar-refractivity contribution in [3.05, 3.63) is 69.0 Å². The smallest absolute Gasteiger partial charge is 0.348 e. The monoisotopic (exact) mass is 511 g/mol. The maximum atomic E-state index is 12.9. The molecule has 0 aliphatic heterocycles. The van der Waals surface area contributed by atoms with E-state index in [4.69, 9.17) is 18.6 Å². The van der Waals surface area contributed by atoms with E-state index in [9.17, 15) is 14.4 Å². The lowest BCUT2D eigenvalue weighted by atomic mass is 10.1. The van der Waals surface area contributed by atoms with Gasteiger partial charge in [-0.3, -0.25) is 4.79 Å². The van der Waals surface area contributed by atoms with E-state index in [-0.39, 0.29) is 40.5 Å². The highest BCUT2D eigenvalue weighted by atomic mass is 32.1. The highest BCUT2D eigenvalue weighted by molar-refractivity contribution is 7.18. The van der Waals surface area contributed by atoms with Crippen LogP contribution in [0.15, 0.2) is 34.7 Å². The van der Waals surface area contributed by atoms with Crippen molar-refractivity contribution in [1.29, 1.82) is 0 Å². The van der Waals surface area contributed by atoms with Crippen molar-refractivity contribution >= 4 is 34.2 Å². The molecule has 8 nitrogen and oxygen atoms in total. The molecule has 190 valence electrons. The maximum absolute atomic E-state index is 12.9. The fourth-order valence-corrected chi connectivity index (χ4v) is 5.13. The van der Waals surface area contributed by atoms with E-state index in [0.717, 1.165) is 36.3 Å². The molecule has 2 aromatic heterocycles. The average Bonchev–Trinajstić information content (AvgIpc) is 3.55. The Bertz CT molecular complexity index is 1290. The van der Waals surface area contributed by atoms with Gasteiger partial charge >= 0.3 is 11.9 Å². The Morgan fingerprint density at radius 3 is 2.61 bits per heavy atom. The fraction of sp³-hybridized carbons (Fsp3) is 0.370. The summed E-state index contributed by atoms with van der Waals surface area (Å²) in [6.07, 6.45) is 2.96. The quantitative estimate of drug-likeness (QED) is 0.367. The lowest BCUT2D eigenvalue weighted by Crippen LogP contribution is -2.16. The van der Waals surface area contributed by atoms with Crippen LogP contribution in [-0.2, 0) is 28.9 Å². The Kier molecular flexibility index (Phi) is 7.79. The van der Waals surface area contributed by atoms with E-state index in [2.05, 4.69) is 17.4 Å². The first-order chi connectivity index (χ1) is 17.3. The molecule has 0 atom stereocenters. The van der Waals surface area contributed by atoms with Crippen LogP contribution >= 0.6 is 11.3 Å². The van der Waals surface area contributed by atoms with Gasteiger partial charge in [-0.2, -0.15) is 0 Å². The minimum Gasteiger partial charge on any atom is -0.486 e. The molecule has 3 aromatic rings. The number of thiophene rings is 1. The van der Waals surface area contributed by atoms with Crippen molar-refractivity contribution in [2.24, 2.45) is 0 Å². The van der Waals surface area contributed by atoms with E-state index < -0.39 is 17.8 Å². The van der Waals surface area contributed by atoms with Gasteiger partial charge in [0.05, 0.1) is 18.3 Å². The first-order valence-corrected chi connectivity index (χ1v) is 12.7. The van der Waals surface area contributed by atoms with E-state index in [1.54, 1.807) is 33.8 Å². The molecule has 4 rings (SSSR count). The lowest BCUT2D eigenvalue weighted by molar-refractivity contribution is 0.0379. The zero-order chi connectivity index (χ0) is 25.8. The number of ether oxygens (including phenoxy) is 3. The SMILES string of the molecule is CCOC(=O)c1sc(NC(=O)c2ccc(COc3ccc4c(c3)CCC4)o2)c(C(=O)OC(C)C)c1C. The Hall–Kier alpha value is -3.59. The maximum Gasteiger partial charge on any atom is 0.348 e. The zero-order valence-corrected chi connectivity index (χ0v) is 21.6. The zero-order valence-electron chi connectivity index (χ0n) is 20.8. The van der Waals surface area contributed by atoms with E-state index >= 15 is 0 Å². The first kappa shape index (κ1) is 25.5. The number of carbonyl (C=O) groups is 3. The van der Waals surface area contributed by atoms with Gasteiger partial charge in [0.15, 0.2) is 5.76 Å². The summed E-state index contributed by atoms with van der Waals surface area (Å²) in [4.78, 5) is 38.3. The first-order valence-electron chi connectivity index (χ1n) is 11.9. The molecular weight excluding hydrogens is 482 g/mol. The Morgan fingerprint density at radius 1 is 1.08 bits per heavy atom. The molecule has 2 heterocycles. The molecular formula is C27H29NO7S. The van der Waals surface area contributed by atoms with Gasteiger partial charge in [-0.1, -0.05) is 6.07 Å². The lowest BCUT2D eigenvalue weighted by Gasteiger charge is -2.10. The fourth-order valence-electron chi connectivity index (χ4n) is 4.05. The molecule has 9 heteroatoms. The number of anilines is 1. The second-order valence-electron chi connectivity index (χ2n) is 8.73. The van der Waals surface area contributed by atoms with E-state index in [1.807, 2.05) is 6.07 Å². The van der Waals surface area contributed by atoms with Crippen LogP contribution in [0.5, 0.6) is 5.75 Å². The molecule has 1 amide bonds. The number of esters is 2. The van der Waals surface area contributed by atoms with Crippen LogP contribution in [0.2, 0.25) is 0 Å². The molecule has 0 unspecified atom stereocenters. The molecule has 0 saturated carbocycles. The van der Waals surface area contributed by atoms with Crippen LogP contribution < -0.4 is 10.1 Å². The van der Waals surface area contributed by atoms with Gasteiger partial charge in [0.1, 0.15) is 28.0 Å². The van der Waals surface area contributed by atoms with Crippen LogP contribution in [0.3, 0.4) is 0 Å². The third-order valence-corrected chi connectivity index (χ3v) is 6.91. The summed E-state index contributed by atoms with van der Waals surface area (Å²) in [5, 5.41) is 2.88. The predicted molar refractivity (Wildman–Crippen MR) is 135 cm³/mol. The predicted octanol–water partition coefficient (Wildman–Crippen LogP) is 5.71. The van der Waals surface area contributed by atoms with E-state index in [1.165, 1.54) is 17.2 Å². The van der Waals surface area contributed by atoms with Crippen molar-refractivity contribution < 1.29 is 33.0 Å². The van der Waals surface area contributed by atoms with Crippen LogP contribution in [-0.4, -0.2) is 30.6 Å². The summed E-state index contributed by atoms with van der Waals surface area (Å²) < 4.78 is 21.9. The molecule has 0 spiro atoms. The molecule has 36 heavy (non-hydrogen) atoms. The van der Waals surface area contributed by atoms with Gasteiger partial charge < -0.3 is 23.9 Å². The van der Waals surface area contributed by atoms with Gasteiger partial charge in [-0.15, -0.1) is 11.3 Å². The number of fused-ring (bicyclic) bond motifs is 1. The largest absolute Gasteiger partial charge is 0.486 e. The minimum absolute atomic E-state index is 0.0504. The molecule has 0 saturated heterocycles. The van der Waals surface area contributed by atoms with Crippen molar-refractivity contribution in [1.82, 2.24) is 0 Å². The molecule has 1 aliphatic rings. The summed E-state index contributed by atoms with van der Waals surface area (Å²) >= 11 is 0.963. The molecule has 1 N–H and O–H groups in total. The second kappa shape index (κ2) is 11.0. The number of amides is 1. The molecule has 1 aromatic carbocycles. The number of carbonyl (C=O) groups excluding carboxylic acids is 3. The van der Waals surface area contributed by atoms with Crippen molar-refractivity contribution in [3.8, 4) is 5.75 Å². The standard InChI is InChI=1S/C27H29NO7S/c1-5-32-27(31)23-16(4)22(26(30)34-15(2)3)25(36-23)28-24(29)21-12-11-20(35-21)14-33-19-10-9-17-7-6-8-18(17)13-19/h9-13,15H,5-8,14H2,1-4H3,(H,28,29). The van der Waals surface area contributed by atoms with Gasteiger partial charge in [0.2, 0.25) is 0 Å². The summed E-state index contributed by atoms with van der Waals surface area (Å²) in [7, 11) is 0. The van der Waals surface area contributed by atoms with Crippen molar-refractivity contribution in [2.75, 3.05) is 11.9 Å². The van der Waals surface area contributed by atoms with Crippen LogP contribution in [0.1, 0.15) is 80.2 Å². The number of hydrogen-bond acceptors (Lipinski definition) is 8. The Morgan fingerprint density at radius 2 is 1.86 bits per heavy atom. The van der Waals surface area contributed by atoms with Crippen LogP contribution in [0.25, 0.3) is 0 Å². The second-order valence-corrected chi connectivity index (χ2v) is 9.75. The highest BCUT2D eigenvalue weighted by Crippen LogP contribution is 2.35. The summed E-state index contributed by atoms with van der Waals surface area (Å²) in [5.41, 5.74) is 3.19. The normalized spacial score (nSPS) is 12.4. The molecule has 1 aliphatic carbocycles. The third-order valence-electron chi connectivity index (χ3n) is 5.72. The van der Waals surface area contributed by atoms with Gasteiger partial charge in [0, 0.05) is 0 Å². The Labute approximate surface area is 213 Å². The minimum atomic E-state index is -0.632. The van der Waals surface area contributed by atoms with Crippen LogP contribution in [0, 0.1) is 6.92 Å². The number of rotatable bonds is 9. The Balaban J connectivity index is 1.48. The van der Waals surface area contributed by atoms with Gasteiger partial charge in [0.25, 0.3) is 5.91 Å². The summed E-state index contributed by atoms with van der Waals surface area (Å²) in [6, 6.07) is 9.29. The van der Waals surface area contributed by atoms with Crippen LogP contribution in [0.4, 0.5) is 5.00 Å². The van der Waals surface area contributed by atoms with Gasteiger partial charge in [-0.05, 0) is 87.9 Å². The van der Waals surface area contributed by atoms with E-state index in [0.29, 0.717) is 11.3 Å². The highest BCUT2D eigenvalue weighted by Gasteiger charge is 2.28. The molecule has 0 fully saturated rings. The molecule has 0 radical (unpaired) electrons. The number of nitrogens with one attached hydrogen (secondary N) is 1. The topological polar surface area (TPSA) is 104 Å². The van der Waals surface area contributed by atoms with Gasteiger partial charge in [-0.25, -0.2) is 9.59 Å². The number of aryl methyl sites for hydroxylation is 2. The van der Waals surface area contributed by atoms with Crippen molar-refractivity contribution in [3.63, 3.8) is 0 Å². The number of furan rings is 1. The number of hydrogen-bond donors (Lipinski definition) is 1. The number of benzene rings is 1. The average molecular weight is 512 g/mol. The third kappa shape index (κ3) is 5.62. The van der Waals surface area contributed by atoms with Crippen molar-refractivity contribution in [2.45, 2.75) is 59.7 Å². The summed E-state index contributed by atoms with van der Waals surface area (Å²) in [6.45, 7) is 7.12. The summed E-state index contributed by atoms with van der Waals surface area (Å²) in [5.74, 6) is -0.472.